The van der Waals surface area contributed by atoms with Crippen molar-refractivity contribution in [2.24, 2.45) is 5.73 Å². The summed E-state index contributed by atoms with van der Waals surface area (Å²) in [6, 6.07) is -0.917. The highest BCUT2D eigenvalue weighted by Crippen LogP contribution is 1.91. The molecule has 0 aromatic rings. The fourth-order valence-electron chi connectivity index (χ4n) is 0.435. The van der Waals surface area contributed by atoms with Crippen molar-refractivity contribution in [1.29, 1.82) is 0 Å². The molecule has 0 heterocycles. The molecule has 0 aliphatic carbocycles. The molecule has 0 rings (SSSR count). The van der Waals surface area contributed by atoms with E-state index in [1.165, 1.54) is 6.92 Å². The zero-order valence-corrected chi connectivity index (χ0v) is 6.20. The Morgan fingerprint density at radius 2 is 2.30 bits per heavy atom. The Morgan fingerprint density at radius 3 is 2.60 bits per heavy atom. The lowest BCUT2D eigenvalue weighted by molar-refractivity contribution is -0.147. The van der Waals surface area contributed by atoms with Crippen molar-refractivity contribution in [1.82, 2.24) is 0 Å². The summed E-state index contributed by atoms with van der Waals surface area (Å²) in [6.07, 6.45) is -0.848. The summed E-state index contributed by atoms with van der Waals surface area (Å²) in [5.41, 5.74) is 5.22. The van der Waals surface area contributed by atoms with Crippen LogP contribution < -0.4 is 5.73 Å². The summed E-state index contributed by atoms with van der Waals surface area (Å²) in [5.74, 6) is -0.558. The predicted molar refractivity (Wildman–Crippen MR) is 36.3 cm³/mol. The van der Waals surface area contributed by atoms with Crippen LogP contribution in [0.1, 0.15) is 13.8 Å². The summed E-state index contributed by atoms with van der Waals surface area (Å²) < 4.78 is 4.54. The first-order valence-corrected chi connectivity index (χ1v) is 3.19. The van der Waals surface area contributed by atoms with Crippen molar-refractivity contribution >= 4 is 5.97 Å². The van der Waals surface area contributed by atoms with Crippen molar-refractivity contribution in [3.8, 4) is 0 Å². The summed E-state index contributed by atoms with van der Waals surface area (Å²) in [5, 5.41) is 8.79. The standard InChI is InChI=1S/C6H13NO3/c1-3-10-6(9)5(7)4(2)8/h4-5,8H,3,7H2,1-2H3/t4-,5+/m0/s1. The van der Waals surface area contributed by atoms with Gasteiger partial charge in [0.05, 0.1) is 12.7 Å². The third kappa shape index (κ3) is 2.80. The Bertz CT molecular complexity index is 114. The minimum absolute atomic E-state index is 0.291. The molecule has 0 radical (unpaired) electrons. The number of hydrogen-bond donors (Lipinski definition) is 2. The zero-order chi connectivity index (χ0) is 8.15. The second-order valence-electron chi connectivity index (χ2n) is 2.02. The van der Waals surface area contributed by atoms with E-state index in [4.69, 9.17) is 10.8 Å². The lowest BCUT2D eigenvalue weighted by Gasteiger charge is -2.11. The highest BCUT2D eigenvalue weighted by Gasteiger charge is 2.19. The van der Waals surface area contributed by atoms with Gasteiger partial charge in [0.25, 0.3) is 0 Å². The monoisotopic (exact) mass is 147 g/mol. The van der Waals surface area contributed by atoms with Crippen LogP contribution in [0.4, 0.5) is 0 Å². The van der Waals surface area contributed by atoms with Crippen LogP contribution in [0.15, 0.2) is 0 Å². The number of carbonyl (C=O) groups is 1. The van der Waals surface area contributed by atoms with Gasteiger partial charge in [0.2, 0.25) is 0 Å². The number of aliphatic hydroxyl groups is 1. The highest BCUT2D eigenvalue weighted by molar-refractivity contribution is 5.76. The summed E-state index contributed by atoms with van der Waals surface area (Å²) in [4.78, 5) is 10.7. The smallest absolute Gasteiger partial charge is 0.325 e. The number of nitrogens with two attached hydrogens (primary N) is 1. The largest absolute Gasteiger partial charge is 0.465 e. The van der Waals surface area contributed by atoms with Crippen molar-refractivity contribution in [2.45, 2.75) is 26.0 Å². The Kier molecular flexibility index (Phi) is 3.99. The van der Waals surface area contributed by atoms with E-state index in [1.807, 2.05) is 0 Å². The van der Waals surface area contributed by atoms with Gasteiger partial charge in [0, 0.05) is 0 Å². The summed E-state index contributed by atoms with van der Waals surface area (Å²) in [7, 11) is 0. The molecule has 0 unspecified atom stereocenters. The van der Waals surface area contributed by atoms with E-state index in [0.717, 1.165) is 0 Å². The fourth-order valence-corrected chi connectivity index (χ4v) is 0.435. The minimum atomic E-state index is -0.917. The quantitative estimate of drug-likeness (QED) is 0.515. The molecule has 0 bridgehead atoms. The van der Waals surface area contributed by atoms with Crippen LogP contribution in [0.3, 0.4) is 0 Å². The summed E-state index contributed by atoms with van der Waals surface area (Å²) >= 11 is 0. The number of ether oxygens (including phenoxy) is 1. The number of carbonyl (C=O) groups excluding carboxylic acids is 1. The van der Waals surface area contributed by atoms with Crippen LogP contribution in [-0.4, -0.2) is 29.8 Å². The first-order valence-electron chi connectivity index (χ1n) is 3.19. The molecule has 2 atom stereocenters. The number of hydrogen-bond acceptors (Lipinski definition) is 4. The zero-order valence-electron chi connectivity index (χ0n) is 6.20. The molecule has 0 aromatic carbocycles. The van der Waals surface area contributed by atoms with Gasteiger partial charge in [-0.2, -0.15) is 0 Å². The molecule has 3 N–H and O–H groups in total. The Hall–Kier alpha value is -0.610. The molecule has 0 spiro atoms. The van der Waals surface area contributed by atoms with Crippen LogP contribution in [0, 0.1) is 0 Å². The van der Waals surface area contributed by atoms with Gasteiger partial charge >= 0.3 is 5.97 Å². The molecule has 0 saturated heterocycles. The van der Waals surface area contributed by atoms with E-state index in [9.17, 15) is 4.79 Å². The van der Waals surface area contributed by atoms with Gasteiger partial charge in [-0.25, -0.2) is 0 Å². The van der Waals surface area contributed by atoms with E-state index in [-0.39, 0.29) is 0 Å². The molecular weight excluding hydrogens is 134 g/mol. The molecule has 0 aromatic heterocycles. The number of aliphatic hydroxyl groups excluding tert-OH is 1. The average molecular weight is 147 g/mol. The molecule has 0 aliphatic rings. The van der Waals surface area contributed by atoms with Gasteiger partial charge < -0.3 is 15.6 Å². The van der Waals surface area contributed by atoms with Gasteiger partial charge in [0.15, 0.2) is 0 Å². The Balaban J connectivity index is 3.71. The minimum Gasteiger partial charge on any atom is -0.465 e. The predicted octanol–water partition coefficient (Wildman–Crippen LogP) is -0.742. The van der Waals surface area contributed by atoms with Gasteiger partial charge in [-0.1, -0.05) is 0 Å². The van der Waals surface area contributed by atoms with Crippen molar-refractivity contribution in [3.05, 3.63) is 0 Å². The fraction of sp³-hybridized carbons (Fsp3) is 0.833. The molecule has 60 valence electrons. The van der Waals surface area contributed by atoms with Gasteiger partial charge in [-0.15, -0.1) is 0 Å². The van der Waals surface area contributed by atoms with Crippen LogP contribution in [0.5, 0.6) is 0 Å². The van der Waals surface area contributed by atoms with Crippen molar-refractivity contribution < 1.29 is 14.6 Å². The van der Waals surface area contributed by atoms with Crippen LogP contribution in [0.25, 0.3) is 0 Å². The topological polar surface area (TPSA) is 72.5 Å². The summed E-state index contributed by atoms with van der Waals surface area (Å²) in [6.45, 7) is 3.42. The van der Waals surface area contributed by atoms with E-state index < -0.39 is 18.1 Å². The molecule has 4 nitrogen and oxygen atoms in total. The molecule has 0 fully saturated rings. The highest BCUT2D eigenvalue weighted by atomic mass is 16.5. The van der Waals surface area contributed by atoms with E-state index in [2.05, 4.69) is 4.74 Å². The van der Waals surface area contributed by atoms with Crippen LogP contribution >= 0.6 is 0 Å². The maximum absolute atomic E-state index is 10.7. The van der Waals surface area contributed by atoms with Crippen molar-refractivity contribution in [2.75, 3.05) is 6.61 Å². The SMILES string of the molecule is CCOC(=O)[C@H](N)[C@H](C)O. The molecule has 0 saturated carbocycles. The van der Waals surface area contributed by atoms with E-state index in [1.54, 1.807) is 6.92 Å². The third-order valence-corrected chi connectivity index (χ3v) is 1.08. The third-order valence-electron chi connectivity index (χ3n) is 1.08. The Morgan fingerprint density at radius 1 is 1.80 bits per heavy atom. The molecule has 0 aliphatic heterocycles. The molecule has 4 heteroatoms. The molecule has 0 amide bonds. The Labute approximate surface area is 60.0 Å². The average Bonchev–Trinajstić information content (AvgIpc) is 1.87. The lowest BCUT2D eigenvalue weighted by Crippen LogP contribution is -2.41. The van der Waals surface area contributed by atoms with Crippen LogP contribution in [0.2, 0.25) is 0 Å². The molecular formula is C6H13NO3. The number of esters is 1. The maximum atomic E-state index is 10.7. The number of rotatable bonds is 3. The second-order valence-corrected chi connectivity index (χ2v) is 2.02. The van der Waals surface area contributed by atoms with Crippen molar-refractivity contribution in [3.63, 3.8) is 0 Å². The van der Waals surface area contributed by atoms with Crippen LogP contribution in [-0.2, 0) is 9.53 Å². The lowest BCUT2D eigenvalue weighted by atomic mass is 10.2. The van der Waals surface area contributed by atoms with Gasteiger partial charge in [-0.3, -0.25) is 4.79 Å². The van der Waals surface area contributed by atoms with Gasteiger partial charge in [-0.05, 0) is 13.8 Å². The first kappa shape index (κ1) is 9.39. The van der Waals surface area contributed by atoms with E-state index >= 15 is 0 Å². The molecule has 10 heavy (non-hydrogen) atoms. The second kappa shape index (κ2) is 4.24. The first-order chi connectivity index (χ1) is 4.59. The van der Waals surface area contributed by atoms with Gasteiger partial charge in [0.1, 0.15) is 6.04 Å². The maximum Gasteiger partial charge on any atom is 0.325 e. The normalized spacial score (nSPS) is 16.0. The van der Waals surface area contributed by atoms with E-state index in [0.29, 0.717) is 6.61 Å².